The molecule has 0 saturated heterocycles. The number of fused-ring (bicyclic) bond motifs is 1. The van der Waals surface area contributed by atoms with Gasteiger partial charge in [0.1, 0.15) is 0 Å². The molecule has 3 heterocycles. The molecule has 1 aliphatic rings. The van der Waals surface area contributed by atoms with Crippen LogP contribution < -0.4 is 16.6 Å². The number of rotatable bonds is 7. The summed E-state index contributed by atoms with van der Waals surface area (Å²) in [5.41, 5.74) is 1.69. The highest BCUT2D eigenvalue weighted by Crippen LogP contribution is 2.40. The fraction of sp³-hybridized carbons (Fsp3) is 0.320. The lowest BCUT2D eigenvalue weighted by atomic mass is 10.1. The van der Waals surface area contributed by atoms with Gasteiger partial charge < -0.3 is 5.32 Å². The number of benzene rings is 1. The monoisotopic (exact) mass is 458 g/mol. The van der Waals surface area contributed by atoms with Gasteiger partial charge in [-0.3, -0.25) is 23.8 Å². The van der Waals surface area contributed by atoms with Crippen LogP contribution in [0.5, 0.6) is 0 Å². The van der Waals surface area contributed by atoms with Crippen LogP contribution in [0.1, 0.15) is 54.2 Å². The molecule has 2 N–H and O–H groups in total. The Bertz CT molecular complexity index is 1480. The van der Waals surface area contributed by atoms with Gasteiger partial charge in [-0.25, -0.2) is 9.78 Å². The fourth-order valence-corrected chi connectivity index (χ4v) is 4.08. The summed E-state index contributed by atoms with van der Waals surface area (Å²) in [4.78, 5) is 45.7. The molecule has 1 saturated carbocycles. The summed E-state index contributed by atoms with van der Waals surface area (Å²) < 4.78 is 3.19. The zero-order chi connectivity index (χ0) is 23.8. The molecule has 1 aliphatic carbocycles. The normalized spacial score (nSPS) is 13.5. The Kier molecular flexibility index (Phi) is 5.61. The second-order valence-electron chi connectivity index (χ2n) is 9.20. The third-order valence-electron chi connectivity index (χ3n) is 5.83. The molecule has 0 unspecified atom stereocenters. The molecule has 174 valence electrons. The van der Waals surface area contributed by atoms with E-state index in [-0.39, 0.29) is 28.4 Å². The Morgan fingerprint density at radius 1 is 1.21 bits per heavy atom. The highest BCUT2D eigenvalue weighted by atomic mass is 16.2. The maximum atomic E-state index is 13.3. The first-order valence-electron chi connectivity index (χ1n) is 11.4. The summed E-state index contributed by atoms with van der Waals surface area (Å²) in [6, 6.07) is 11.6. The van der Waals surface area contributed by atoms with Crippen LogP contribution in [-0.4, -0.2) is 30.2 Å². The van der Waals surface area contributed by atoms with Crippen molar-refractivity contribution >= 4 is 22.6 Å². The molecule has 1 fully saturated rings. The molecule has 1 amide bonds. The number of anilines is 1. The van der Waals surface area contributed by atoms with Gasteiger partial charge in [-0.05, 0) is 30.4 Å². The van der Waals surface area contributed by atoms with Gasteiger partial charge in [0, 0.05) is 24.4 Å². The van der Waals surface area contributed by atoms with Crippen molar-refractivity contribution in [1.82, 2.24) is 24.3 Å². The number of hydrogen-bond acceptors (Lipinski definition) is 5. The maximum Gasteiger partial charge on any atom is 0.330 e. The van der Waals surface area contributed by atoms with E-state index >= 15 is 0 Å². The van der Waals surface area contributed by atoms with Gasteiger partial charge in [0.05, 0.1) is 29.4 Å². The second-order valence-corrected chi connectivity index (χ2v) is 9.20. The van der Waals surface area contributed by atoms with E-state index in [1.807, 2.05) is 44.2 Å². The molecule has 9 nitrogen and oxygen atoms in total. The number of pyridine rings is 1. The summed E-state index contributed by atoms with van der Waals surface area (Å²) in [5, 5.41) is 7.31. The lowest BCUT2D eigenvalue weighted by Gasteiger charge is -2.14. The van der Waals surface area contributed by atoms with Crippen LogP contribution in [0.25, 0.3) is 11.0 Å². The predicted octanol–water partition coefficient (Wildman–Crippen LogP) is 3.12. The van der Waals surface area contributed by atoms with Gasteiger partial charge in [-0.1, -0.05) is 44.2 Å². The van der Waals surface area contributed by atoms with Crippen LogP contribution in [-0.2, 0) is 13.1 Å². The van der Waals surface area contributed by atoms with E-state index in [1.54, 1.807) is 23.1 Å². The fourth-order valence-electron chi connectivity index (χ4n) is 4.08. The van der Waals surface area contributed by atoms with Crippen molar-refractivity contribution in [1.29, 1.82) is 0 Å². The number of nitrogens with zero attached hydrogens (tertiary/aromatic N) is 4. The first kappa shape index (κ1) is 21.8. The molecule has 0 bridgehead atoms. The van der Waals surface area contributed by atoms with E-state index in [9.17, 15) is 14.4 Å². The van der Waals surface area contributed by atoms with E-state index < -0.39 is 17.2 Å². The highest BCUT2D eigenvalue weighted by molar-refractivity contribution is 6.11. The van der Waals surface area contributed by atoms with E-state index in [0.29, 0.717) is 18.8 Å². The lowest BCUT2D eigenvalue weighted by molar-refractivity contribution is 0.102. The van der Waals surface area contributed by atoms with E-state index in [2.05, 4.69) is 20.4 Å². The van der Waals surface area contributed by atoms with Crippen LogP contribution in [0.4, 0.5) is 5.69 Å². The number of carbonyl (C=O) groups is 1. The quantitative estimate of drug-likeness (QED) is 0.442. The molecule has 9 heteroatoms. The first-order valence-corrected chi connectivity index (χ1v) is 11.4. The number of aromatic nitrogens is 5. The second kappa shape index (κ2) is 8.74. The predicted molar refractivity (Wildman–Crippen MR) is 129 cm³/mol. The van der Waals surface area contributed by atoms with Crippen molar-refractivity contribution in [3.05, 3.63) is 86.5 Å². The van der Waals surface area contributed by atoms with Crippen molar-refractivity contribution in [2.24, 2.45) is 5.92 Å². The summed E-state index contributed by atoms with van der Waals surface area (Å²) in [5.74, 6) is -0.0359. The minimum atomic E-state index is -0.611. The van der Waals surface area contributed by atoms with Gasteiger partial charge in [-0.15, -0.1) is 0 Å². The van der Waals surface area contributed by atoms with Crippen molar-refractivity contribution in [2.75, 3.05) is 5.32 Å². The molecule has 34 heavy (non-hydrogen) atoms. The van der Waals surface area contributed by atoms with Crippen molar-refractivity contribution in [3.63, 3.8) is 0 Å². The topological polar surface area (TPSA) is 115 Å². The smallest absolute Gasteiger partial charge is 0.319 e. The zero-order valence-corrected chi connectivity index (χ0v) is 19.1. The van der Waals surface area contributed by atoms with Gasteiger partial charge >= 0.3 is 5.69 Å². The maximum absolute atomic E-state index is 13.3. The van der Waals surface area contributed by atoms with E-state index in [0.717, 1.165) is 24.1 Å². The molecule has 0 spiro atoms. The van der Waals surface area contributed by atoms with Crippen LogP contribution in [0.15, 0.2) is 58.4 Å². The largest absolute Gasteiger partial charge is 0.330 e. The SMILES string of the molecule is CC(C)Cn1c(=O)[nH]c(=O)c2c(C(=O)Nc3cnn(Cc4ccccc4)c3)cc(C3CC3)nc21. The Morgan fingerprint density at radius 2 is 1.97 bits per heavy atom. The van der Waals surface area contributed by atoms with Crippen LogP contribution in [0.3, 0.4) is 0 Å². The van der Waals surface area contributed by atoms with E-state index in [4.69, 9.17) is 0 Å². The van der Waals surface area contributed by atoms with Crippen molar-refractivity contribution in [2.45, 2.75) is 45.7 Å². The van der Waals surface area contributed by atoms with Gasteiger partial charge in [0.25, 0.3) is 11.5 Å². The summed E-state index contributed by atoms with van der Waals surface area (Å²) >= 11 is 0. The zero-order valence-electron chi connectivity index (χ0n) is 19.1. The Labute approximate surface area is 195 Å². The Balaban J connectivity index is 1.52. The summed E-state index contributed by atoms with van der Waals surface area (Å²) in [7, 11) is 0. The minimum absolute atomic E-state index is 0.124. The number of aromatic amines is 1. The third kappa shape index (κ3) is 4.41. The average molecular weight is 459 g/mol. The molecule has 1 aromatic carbocycles. The number of nitrogens with one attached hydrogen (secondary N) is 2. The minimum Gasteiger partial charge on any atom is -0.319 e. The molecular weight excluding hydrogens is 432 g/mol. The van der Waals surface area contributed by atoms with E-state index in [1.165, 1.54) is 4.57 Å². The first-order chi connectivity index (χ1) is 16.4. The highest BCUT2D eigenvalue weighted by Gasteiger charge is 2.29. The standard InChI is InChI=1S/C25H26N6O3/c1-15(2)12-31-22-21(24(33)29-25(31)34)19(10-20(28-22)17-8-9-17)23(32)27-18-11-26-30(14-18)13-16-6-4-3-5-7-16/h3-7,10-11,14-15,17H,8-9,12-13H2,1-2H3,(H,27,32)(H,29,33,34). The van der Waals surface area contributed by atoms with Crippen molar-refractivity contribution in [3.8, 4) is 0 Å². The third-order valence-corrected chi connectivity index (χ3v) is 5.83. The number of amides is 1. The van der Waals surface area contributed by atoms with Crippen molar-refractivity contribution < 1.29 is 4.79 Å². The molecule has 3 aromatic heterocycles. The lowest BCUT2D eigenvalue weighted by Crippen LogP contribution is -2.33. The Morgan fingerprint density at radius 3 is 2.68 bits per heavy atom. The van der Waals surface area contributed by atoms with Crippen LogP contribution in [0.2, 0.25) is 0 Å². The number of H-pyrrole nitrogens is 1. The molecule has 0 radical (unpaired) electrons. The number of hydrogen-bond donors (Lipinski definition) is 2. The van der Waals surface area contributed by atoms with Gasteiger partial charge in [-0.2, -0.15) is 5.10 Å². The molecular formula is C25H26N6O3. The molecule has 4 aromatic rings. The molecule has 5 rings (SSSR count). The van der Waals surface area contributed by atoms with Crippen LogP contribution >= 0.6 is 0 Å². The molecule has 0 atom stereocenters. The van der Waals surface area contributed by atoms with Gasteiger partial charge in [0.15, 0.2) is 5.65 Å². The van der Waals surface area contributed by atoms with Crippen LogP contribution in [0, 0.1) is 5.92 Å². The number of carbonyl (C=O) groups excluding carboxylic acids is 1. The molecule has 0 aliphatic heterocycles. The summed E-state index contributed by atoms with van der Waals surface area (Å²) in [6.07, 6.45) is 5.27. The van der Waals surface area contributed by atoms with Gasteiger partial charge in [0.2, 0.25) is 0 Å². The Hall–Kier alpha value is -4.01. The summed E-state index contributed by atoms with van der Waals surface area (Å²) in [6.45, 7) is 4.92. The average Bonchev–Trinajstić information content (AvgIpc) is 3.57.